The Morgan fingerprint density at radius 2 is 1.79 bits per heavy atom. The SMILES string of the molecule is CN(C)C(=O)c1ccc(NCCCCC2(C)CCN(C(=O)C(O)c3ccccc3)CC2)cc1Cl. The Kier molecular flexibility index (Phi) is 8.97. The van der Waals surface area contributed by atoms with Crippen LogP contribution in [0.15, 0.2) is 48.5 Å². The van der Waals surface area contributed by atoms with Crippen molar-refractivity contribution in [1.29, 1.82) is 0 Å². The van der Waals surface area contributed by atoms with E-state index < -0.39 is 6.10 Å². The molecule has 1 aliphatic heterocycles. The van der Waals surface area contributed by atoms with E-state index in [4.69, 9.17) is 11.6 Å². The molecular formula is C27H36ClN3O3. The predicted molar refractivity (Wildman–Crippen MR) is 137 cm³/mol. The summed E-state index contributed by atoms with van der Waals surface area (Å²) in [5, 5.41) is 14.3. The van der Waals surface area contributed by atoms with Crippen LogP contribution in [0.25, 0.3) is 0 Å². The maximum absolute atomic E-state index is 12.7. The molecule has 1 saturated heterocycles. The second kappa shape index (κ2) is 11.7. The van der Waals surface area contributed by atoms with Crippen LogP contribution in [0.3, 0.4) is 0 Å². The van der Waals surface area contributed by atoms with Crippen LogP contribution in [0.2, 0.25) is 5.02 Å². The van der Waals surface area contributed by atoms with Crippen molar-refractivity contribution in [1.82, 2.24) is 9.80 Å². The number of piperidine rings is 1. The number of carbonyl (C=O) groups is 2. The highest BCUT2D eigenvalue weighted by Gasteiger charge is 2.33. The molecule has 0 radical (unpaired) electrons. The number of rotatable bonds is 9. The van der Waals surface area contributed by atoms with E-state index in [2.05, 4.69) is 12.2 Å². The molecule has 0 saturated carbocycles. The highest BCUT2D eigenvalue weighted by atomic mass is 35.5. The van der Waals surface area contributed by atoms with E-state index in [0.717, 1.165) is 44.3 Å². The molecule has 0 aliphatic carbocycles. The molecule has 2 N–H and O–H groups in total. The quantitative estimate of drug-likeness (QED) is 0.491. The molecule has 7 heteroatoms. The number of anilines is 1. The van der Waals surface area contributed by atoms with Crippen LogP contribution in [0.4, 0.5) is 5.69 Å². The van der Waals surface area contributed by atoms with Crippen molar-refractivity contribution in [2.24, 2.45) is 5.41 Å². The summed E-state index contributed by atoms with van der Waals surface area (Å²) in [5.41, 5.74) is 2.28. The molecule has 2 aromatic carbocycles. The number of carbonyl (C=O) groups excluding carboxylic acids is 2. The summed E-state index contributed by atoms with van der Waals surface area (Å²) >= 11 is 6.29. The average molecular weight is 486 g/mol. The van der Waals surface area contributed by atoms with E-state index in [9.17, 15) is 14.7 Å². The van der Waals surface area contributed by atoms with Crippen molar-refractivity contribution >= 4 is 29.1 Å². The first-order valence-electron chi connectivity index (χ1n) is 12.0. The fraction of sp³-hybridized carbons (Fsp3) is 0.481. The number of nitrogens with zero attached hydrogens (tertiary/aromatic N) is 2. The molecule has 0 aromatic heterocycles. The van der Waals surface area contributed by atoms with Gasteiger partial charge in [-0.05, 0) is 54.9 Å². The Balaban J connectivity index is 1.38. The maximum Gasteiger partial charge on any atom is 0.256 e. The number of unbranched alkanes of at least 4 members (excludes halogenated alkanes) is 1. The lowest BCUT2D eigenvalue weighted by molar-refractivity contribution is -0.142. The van der Waals surface area contributed by atoms with Crippen LogP contribution in [0.5, 0.6) is 0 Å². The van der Waals surface area contributed by atoms with Crippen molar-refractivity contribution in [2.75, 3.05) is 39.0 Å². The van der Waals surface area contributed by atoms with Crippen LogP contribution >= 0.6 is 11.6 Å². The summed E-state index contributed by atoms with van der Waals surface area (Å²) < 4.78 is 0. The van der Waals surface area contributed by atoms with Gasteiger partial charge in [-0.1, -0.05) is 55.3 Å². The number of aliphatic hydroxyl groups excluding tert-OH is 1. The van der Waals surface area contributed by atoms with E-state index in [1.165, 1.54) is 4.90 Å². The number of nitrogens with one attached hydrogen (secondary N) is 1. The third-order valence-electron chi connectivity index (χ3n) is 6.77. The summed E-state index contributed by atoms with van der Waals surface area (Å²) in [5.74, 6) is -0.304. The number of amides is 2. The summed E-state index contributed by atoms with van der Waals surface area (Å²) in [6.07, 6.45) is 4.04. The van der Waals surface area contributed by atoms with Crippen molar-refractivity contribution in [3.8, 4) is 0 Å². The molecule has 34 heavy (non-hydrogen) atoms. The Bertz CT molecular complexity index is 972. The van der Waals surface area contributed by atoms with Gasteiger partial charge in [-0.3, -0.25) is 9.59 Å². The van der Waals surface area contributed by atoms with Gasteiger partial charge in [0.15, 0.2) is 6.10 Å². The molecule has 1 fully saturated rings. The minimum absolute atomic E-state index is 0.105. The Morgan fingerprint density at radius 1 is 1.12 bits per heavy atom. The Morgan fingerprint density at radius 3 is 2.41 bits per heavy atom. The summed E-state index contributed by atoms with van der Waals surface area (Å²) in [7, 11) is 3.42. The van der Waals surface area contributed by atoms with Gasteiger partial charge in [0.1, 0.15) is 0 Å². The van der Waals surface area contributed by atoms with Gasteiger partial charge >= 0.3 is 0 Å². The van der Waals surface area contributed by atoms with E-state index >= 15 is 0 Å². The zero-order chi connectivity index (χ0) is 24.7. The number of aliphatic hydroxyl groups is 1. The van der Waals surface area contributed by atoms with Gasteiger partial charge < -0.3 is 20.2 Å². The van der Waals surface area contributed by atoms with E-state index in [0.29, 0.717) is 29.2 Å². The van der Waals surface area contributed by atoms with Gasteiger partial charge in [0.2, 0.25) is 0 Å². The molecule has 0 bridgehead atoms. The number of likely N-dealkylation sites (tertiary alicyclic amines) is 1. The molecule has 1 atom stereocenters. The lowest BCUT2D eigenvalue weighted by Gasteiger charge is -2.40. The molecule has 2 amide bonds. The van der Waals surface area contributed by atoms with Gasteiger partial charge in [0.25, 0.3) is 11.8 Å². The standard InChI is InChI=1S/C27H36ClN3O3/c1-27(14-17-31(18-15-27)26(34)24(32)20-9-5-4-6-10-20)13-7-8-16-29-21-11-12-22(23(28)19-21)25(33)30(2)3/h4-6,9-12,19,24,29,32H,7-8,13-18H2,1-3H3. The molecular weight excluding hydrogens is 450 g/mol. The first-order valence-corrected chi connectivity index (χ1v) is 12.3. The second-order valence-electron chi connectivity index (χ2n) is 9.73. The lowest BCUT2D eigenvalue weighted by Crippen LogP contribution is -2.44. The van der Waals surface area contributed by atoms with Crippen LogP contribution in [0.1, 0.15) is 61.1 Å². The van der Waals surface area contributed by atoms with Crippen LogP contribution in [0, 0.1) is 5.41 Å². The van der Waals surface area contributed by atoms with E-state index in [-0.39, 0.29) is 17.2 Å². The predicted octanol–water partition coefficient (Wildman–Crippen LogP) is 4.99. The largest absolute Gasteiger partial charge is 0.385 e. The zero-order valence-corrected chi connectivity index (χ0v) is 21.1. The fourth-order valence-electron chi connectivity index (χ4n) is 4.42. The molecule has 2 aromatic rings. The number of benzene rings is 2. The third kappa shape index (κ3) is 6.73. The van der Waals surface area contributed by atoms with Crippen molar-refractivity contribution in [2.45, 2.75) is 45.1 Å². The minimum atomic E-state index is -1.08. The summed E-state index contributed by atoms with van der Waals surface area (Å²) in [4.78, 5) is 28.1. The smallest absolute Gasteiger partial charge is 0.256 e. The number of halogens is 1. The van der Waals surface area contributed by atoms with Crippen molar-refractivity contribution < 1.29 is 14.7 Å². The van der Waals surface area contributed by atoms with Crippen LogP contribution < -0.4 is 5.32 Å². The minimum Gasteiger partial charge on any atom is -0.385 e. The maximum atomic E-state index is 12.7. The molecule has 1 heterocycles. The van der Waals surface area contributed by atoms with Gasteiger partial charge in [0.05, 0.1) is 10.6 Å². The van der Waals surface area contributed by atoms with Crippen molar-refractivity contribution in [3.63, 3.8) is 0 Å². The molecule has 3 rings (SSSR count). The molecule has 1 unspecified atom stereocenters. The number of hydrogen-bond acceptors (Lipinski definition) is 4. The topological polar surface area (TPSA) is 72.9 Å². The molecule has 0 spiro atoms. The lowest BCUT2D eigenvalue weighted by atomic mass is 9.76. The van der Waals surface area contributed by atoms with Gasteiger partial charge in [-0.15, -0.1) is 0 Å². The normalized spacial score (nSPS) is 16.1. The van der Waals surface area contributed by atoms with Gasteiger partial charge in [0, 0.05) is 39.4 Å². The third-order valence-corrected chi connectivity index (χ3v) is 7.09. The molecule has 184 valence electrons. The first-order chi connectivity index (χ1) is 16.2. The highest BCUT2D eigenvalue weighted by molar-refractivity contribution is 6.34. The fourth-order valence-corrected chi connectivity index (χ4v) is 4.68. The zero-order valence-electron chi connectivity index (χ0n) is 20.4. The second-order valence-corrected chi connectivity index (χ2v) is 10.1. The first kappa shape index (κ1) is 26.0. The summed E-state index contributed by atoms with van der Waals surface area (Å²) in [6, 6.07) is 14.6. The summed E-state index contributed by atoms with van der Waals surface area (Å²) in [6.45, 7) is 4.51. The van der Waals surface area contributed by atoms with E-state index in [1.54, 1.807) is 43.3 Å². The Hall–Kier alpha value is -2.57. The van der Waals surface area contributed by atoms with Gasteiger partial charge in [-0.25, -0.2) is 0 Å². The van der Waals surface area contributed by atoms with Gasteiger partial charge in [-0.2, -0.15) is 0 Å². The van der Waals surface area contributed by atoms with Crippen LogP contribution in [-0.2, 0) is 4.79 Å². The number of hydrogen-bond donors (Lipinski definition) is 2. The monoisotopic (exact) mass is 485 g/mol. The molecule has 6 nitrogen and oxygen atoms in total. The highest BCUT2D eigenvalue weighted by Crippen LogP contribution is 2.36. The van der Waals surface area contributed by atoms with Crippen molar-refractivity contribution in [3.05, 3.63) is 64.7 Å². The molecule has 1 aliphatic rings. The Labute approximate surface area is 207 Å². The van der Waals surface area contributed by atoms with Crippen LogP contribution in [-0.4, -0.2) is 60.5 Å². The van der Waals surface area contributed by atoms with E-state index in [1.807, 2.05) is 24.3 Å². The average Bonchev–Trinajstić information content (AvgIpc) is 2.83.